The quantitative estimate of drug-likeness (QED) is 0.374. The van der Waals surface area contributed by atoms with Crippen LogP contribution >= 0.6 is 0 Å². The Kier molecular flexibility index (Phi) is 9.91. The molecule has 0 aliphatic heterocycles. The fourth-order valence-corrected chi connectivity index (χ4v) is 3.12. The largest absolute Gasteiger partial charge is 0.469 e. The molecule has 1 atom stereocenters. The van der Waals surface area contributed by atoms with Gasteiger partial charge in [-0.05, 0) is 41.8 Å². The minimum absolute atomic E-state index is 0.0369. The molecule has 0 heterocycles. The second kappa shape index (κ2) is 12.8. The molecule has 0 spiro atoms. The summed E-state index contributed by atoms with van der Waals surface area (Å²) in [6, 6.07) is 9.15. The van der Waals surface area contributed by atoms with E-state index in [1.54, 1.807) is 24.3 Å². The minimum Gasteiger partial charge on any atom is -0.469 e. The van der Waals surface area contributed by atoms with Crippen molar-refractivity contribution < 1.29 is 47.7 Å². The van der Waals surface area contributed by atoms with Gasteiger partial charge in [0.2, 0.25) is 0 Å². The summed E-state index contributed by atoms with van der Waals surface area (Å²) < 4.78 is 25.3. The standard InChI is InChI=1S/C26H26O10/c1-15(27)33-22-10-7-19(13-24(22)35-17(3)29)6-9-21(26(31)32-5)12-20-8-11-23(34-16(2)28)25(14-20)36-18(4)30/h6-11,13-14,21H,12H2,1-5H3/b9-6+. The van der Waals surface area contributed by atoms with Crippen molar-refractivity contribution in [3.05, 3.63) is 53.6 Å². The third kappa shape index (κ3) is 8.71. The summed E-state index contributed by atoms with van der Waals surface area (Å²) in [6.45, 7) is 4.86. The van der Waals surface area contributed by atoms with Crippen molar-refractivity contribution in [1.29, 1.82) is 0 Å². The fraction of sp³-hybridized carbons (Fsp3) is 0.269. The van der Waals surface area contributed by atoms with Crippen molar-refractivity contribution in [2.45, 2.75) is 34.1 Å². The highest BCUT2D eigenvalue weighted by atomic mass is 16.6. The molecule has 0 radical (unpaired) electrons. The number of methoxy groups -OCH3 is 1. The van der Waals surface area contributed by atoms with Crippen molar-refractivity contribution in [2.75, 3.05) is 7.11 Å². The maximum Gasteiger partial charge on any atom is 0.312 e. The number of carbonyl (C=O) groups excluding carboxylic acids is 5. The van der Waals surface area contributed by atoms with Gasteiger partial charge in [0.05, 0.1) is 13.0 Å². The van der Waals surface area contributed by atoms with E-state index < -0.39 is 35.8 Å². The third-order valence-corrected chi connectivity index (χ3v) is 4.47. The van der Waals surface area contributed by atoms with E-state index in [9.17, 15) is 24.0 Å². The number of carbonyl (C=O) groups is 5. The maximum absolute atomic E-state index is 12.4. The zero-order valence-electron chi connectivity index (χ0n) is 20.5. The highest BCUT2D eigenvalue weighted by Gasteiger charge is 2.19. The number of rotatable bonds is 9. The molecular formula is C26H26O10. The van der Waals surface area contributed by atoms with Crippen LogP contribution in [0.5, 0.6) is 23.0 Å². The molecule has 2 aromatic carbocycles. The predicted octanol–water partition coefficient (Wildman–Crippen LogP) is 3.43. The molecule has 2 rings (SSSR count). The lowest BCUT2D eigenvalue weighted by Crippen LogP contribution is -2.17. The second-order valence-corrected chi connectivity index (χ2v) is 7.55. The molecule has 0 aromatic heterocycles. The Morgan fingerprint density at radius 3 is 1.67 bits per heavy atom. The molecule has 2 aromatic rings. The van der Waals surface area contributed by atoms with E-state index in [4.69, 9.17) is 23.7 Å². The van der Waals surface area contributed by atoms with Crippen molar-refractivity contribution >= 4 is 35.9 Å². The van der Waals surface area contributed by atoms with Crippen LogP contribution in [-0.4, -0.2) is 37.0 Å². The summed E-state index contributed by atoms with van der Waals surface area (Å²) in [5, 5.41) is 0. The Bertz CT molecular complexity index is 1200. The van der Waals surface area contributed by atoms with Crippen molar-refractivity contribution in [2.24, 2.45) is 5.92 Å². The van der Waals surface area contributed by atoms with Crippen LogP contribution < -0.4 is 18.9 Å². The van der Waals surface area contributed by atoms with E-state index >= 15 is 0 Å². The summed E-state index contributed by atoms with van der Waals surface area (Å²) in [5.74, 6) is -3.42. The van der Waals surface area contributed by atoms with Crippen LogP contribution in [-0.2, 0) is 35.1 Å². The molecule has 36 heavy (non-hydrogen) atoms. The SMILES string of the molecule is COC(=O)C(/C=C/c1ccc(OC(C)=O)c(OC(C)=O)c1)Cc1ccc(OC(C)=O)c(OC(C)=O)c1. The fourth-order valence-electron chi connectivity index (χ4n) is 3.12. The normalized spacial score (nSPS) is 11.4. The van der Waals surface area contributed by atoms with Gasteiger partial charge in [0.1, 0.15) is 0 Å². The molecule has 1 unspecified atom stereocenters. The van der Waals surface area contributed by atoms with Crippen LogP contribution in [0.2, 0.25) is 0 Å². The van der Waals surface area contributed by atoms with Gasteiger partial charge in [0, 0.05) is 27.7 Å². The van der Waals surface area contributed by atoms with E-state index in [0.717, 1.165) is 0 Å². The molecule has 0 N–H and O–H groups in total. The Labute approximate surface area is 207 Å². The van der Waals surface area contributed by atoms with Gasteiger partial charge in [0.25, 0.3) is 0 Å². The molecule has 0 saturated carbocycles. The summed E-state index contributed by atoms with van der Waals surface area (Å²) in [6.07, 6.45) is 3.38. The van der Waals surface area contributed by atoms with Crippen LogP contribution in [0.1, 0.15) is 38.8 Å². The highest BCUT2D eigenvalue weighted by Crippen LogP contribution is 2.31. The average Bonchev–Trinajstić information content (AvgIpc) is 2.78. The lowest BCUT2D eigenvalue weighted by atomic mass is 9.97. The van der Waals surface area contributed by atoms with Crippen LogP contribution in [0.4, 0.5) is 0 Å². The molecule has 0 aliphatic rings. The first-order chi connectivity index (χ1) is 17.0. The first kappa shape index (κ1) is 27.8. The number of esters is 5. The average molecular weight is 498 g/mol. The summed E-state index contributed by atoms with van der Waals surface area (Å²) in [5.41, 5.74) is 1.16. The molecule has 190 valence electrons. The number of hydrogen-bond donors (Lipinski definition) is 0. The van der Waals surface area contributed by atoms with E-state index in [0.29, 0.717) is 11.1 Å². The molecule has 0 amide bonds. The molecule has 0 aliphatic carbocycles. The predicted molar refractivity (Wildman–Crippen MR) is 126 cm³/mol. The van der Waals surface area contributed by atoms with Crippen LogP contribution in [0.3, 0.4) is 0 Å². The lowest BCUT2D eigenvalue weighted by molar-refractivity contribution is -0.143. The van der Waals surface area contributed by atoms with Gasteiger partial charge < -0.3 is 23.7 Å². The van der Waals surface area contributed by atoms with Gasteiger partial charge in [-0.1, -0.05) is 24.3 Å². The number of benzene rings is 2. The van der Waals surface area contributed by atoms with E-state index in [2.05, 4.69) is 0 Å². The zero-order valence-corrected chi connectivity index (χ0v) is 20.5. The van der Waals surface area contributed by atoms with Gasteiger partial charge in [-0.2, -0.15) is 0 Å². The minimum atomic E-state index is -0.745. The van der Waals surface area contributed by atoms with Gasteiger partial charge in [-0.3, -0.25) is 24.0 Å². The first-order valence-electron chi connectivity index (χ1n) is 10.7. The number of ether oxygens (including phenoxy) is 5. The first-order valence-corrected chi connectivity index (χ1v) is 10.7. The second-order valence-electron chi connectivity index (χ2n) is 7.55. The summed E-state index contributed by atoms with van der Waals surface area (Å²) >= 11 is 0. The van der Waals surface area contributed by atoms with E-state index in [1.807, 2.05) is 0 Å². The van der Waals surface area contributed by atoms with Crippen molar-refractivity contribution in [3.63, 3.8) is 0 Å². The van der Waals surface area contributed by atoms with Crippen LogP contribution in [0, 0.1) is 5.92 Å². The zero-order chi connectivity index (χ0) is 26.8. The Balaban J connectivity index is 2.35. The maximum atomic E-state index is 12.4. The molecular weight excluding hydrogens is 472 g/mol. The third-order valence-electron chi connectivity index (χ3n) is 4.47. The smallest absolute Gasteiger partial charge is 0.312 e. The molecule has 10 heteroatoms. The van der Waals surface area contributed by atoms with Gasteiger partial charge in [0.15, 0.2) is 23.0 Å². The summed E-state index contributed by atoms with van der Waals surface area (Å²) in [7, 11) is 1.25. The molecule has 0 bridgehead atoms. The molecule has 0 fully saturated rings. The Hall–Kier alpha value is -4.47. The van der Waals surface area contributed by atoms with E-state index in [1.165, 1.54) is 59.1 Å². The monoisotopic (exact) mass is 498 g/mol. The van der Waals surface area contributed by atoms with Gasteiger partial charge >= 0.3 is 29.8 Å². The van der Waals surface area contributed by atoms with Crippen LogP contribution in [0.15, 0.2) is 42.5 Å². The van der Waals surface area contributed by atoms with Gasteiger partial charge in [-0.15, -0.1) is 0 Å². The van der Waals surface area contributed by atoms with Crippen molar-refractivity contribution in [3.8, 4) is 23.0 Å². The summed E-state index contributed by atoms with van der Waals surface area (Å²) in [4.78, 5) is 58.0. The lowest BCUT2D eigenvalue weighted by Gasteiger charge is -2.14. The molecule has 10 nitrogen and oxygen atoms in total. The Morgan fingerprint density at radius 2 is 1.17 bits per heavy atom. The Morgan fingerprint density at radius 1 is 0.694 bits per heavy atom. The molecule has 0 saturated heterocycles. The van der Waals surface area contributed by atoms with E-state index in [-0.39, 0.29) is 29.4 Å². The van der Waals surface area contributed by atoms with Gasteiger partial charge in [-0.25, -0.2) is 0 Å². The highest BCUT2D eigenvalue weighted by molar-refractivity contribution is 5.78. The van der Waals surface area contributed by atoms with Crippen LogP contribution in [0.25, 0.3) is 6.08 Å². The topological polar surface area (TPSA) is 132 Å². The van der Waals surface area contributed by atoms with Crippen molar-refractivity contribution in [1.82, 2.24) is 0 Å². The number of hydrogen-bond acceptors (Lipinski definition) is 10.